The second kappa shape index (κ2) is 8.09. The predicted molar refractivity (Wildman–Crippen MR) is 66.0 cm³/mol. The average molecular weight is 244 g/mol. The predicted octanol–water partition coefficient (Wildman–Crippen LogP) is 3.30. The number of unbranched alkanes of at least 4 members (excludes halogenated alkanes) is 6. The minimum Gasteiger partial charge on any atom is -0.480 e. The smallest absolute Gasteiger partial charge is 0.320 e. The van der Waals surface area contributed by atoms with Crippen LogP contribution in [-0.2, 0) is 9.59 Å². The van der Waals surface area contributed by atoms with Gasteiger partial charge in [-0.1, -0.05) is 51.9 Å². The first kappa shape index (κ1) is 15.9. The summed E-state index contributed by atoms with van der Waals surface area (Å²) in [5.41, 5.74) is -1.62. The molecule has 0 aliphatic heterocycles. The zero-order valence-corrected chi connectivity index (χ0v) is 10.9. The zero-order valence-electron chi connectivity index (χ0n) is 10.9. The lowest BCUT2D eigenvalue weighted by atomic mass is 9.85. The fourth-order valence-electron chi connectivity index (χ4n) is 1.74. The third-order valence-corrected chi connectivity index (χ3v) is 3.22. The molecule has 0 radical (unpaired) electrons. The molecule has 17 heavy (non-hydrogen) atoms. The largest absolute Gasteiger partial charge is 0.480 e. The molecule has 0 aliphatic rings. The van der Waals surface area contributed by atoms with Crippen molar-refractivity contribution in [3.63, 3.8) is 0 Å². The highest BCUT2D eigenvalue weighted by Gasteiger charge is 2.40. The van der Waals surface area contributed by atoms with Gasteiger partial charge in [0.15, 0.2) is 5.41 Å². The first-order valence-corrected chi connectivity index (χ1v) is 6.42. The Morgan fingerprint density at radius 2 is 1.29 bits per heavy atom. The maximum Gasteiger partial charge on any atom is 0.320 e. The maximum atomic E-state index is 10.9. The van der Waals surface area contributed by atoms with E-state index in [4.69, 9.17) is 10.2 Å². The molecule has 0 heterocycles. The highest BCUT2D eigenvalue weighted by Crippen LogP contribution is 2.25. The van der Waals surface area contributed by atoms with E-state index in [2.05, 4.69) is 6.92 Å². The quantitative estimate of drug-likeness (QED) is 0.456. The number of carboxylic acids is 2. The van der Waals surface area contributed by atoms with Crippen molar-refractivity contribution in [1.82, 2.24) is 0 Å². The van der Waals surface area contributed by atoms with Crippen LogP contribution in [0.3, 0.4) is 0 Å². The molecule has 0 aromatic rings. The van der Waals surface area contributed by atoms with Gasteiger partial charge in [0.2, 0.25) is 0 Å². The van der Waals surface area contributed by atoms with Gasteiger partial charge in [-0.3, -0.25) is 9.59 Å². The van der Waals surface area contributed by atoms with E-state index in [0.29, 0.717) is 6.42 Å². The van der Waals surface area contributed by atoms with Crippen LogP contribution in [0.5, 0.6) is 0 Å². The summed E-state index contributed by atoms with van der Waals surface area (Å²) in [7, 11) is 0. The monoisotopic (exact) mass is 244 g/mol. The van der Waals surface area contributed by atoms with Crippen LogP contribution >= 0.6 is 0 Å². The van der Waals surface area contributed by atoms with E-state index in [0.717, 1.165) is 19.3 Å². The lowest BCUT2D eigenvalue weighted by Gasteiger charge is -2.19. The van der Waals surface area contributed by atoms with Gasteiger partial charge in [-0.25, -0.2) is 0 Å². The normalized spacial score (nSPS) is 11.4. The van der Waals surface area contributed by atoms with Crippen molar-refractivity contribution in [2.75, 3.05) is 0 Å². The molecule has 2 N–H and O–H groups in total. The van der Waals surface area contributed by atoms with Crippen LogP contribution in [-0.4, -0.2) is 22.2 Å². The van der Waals surface area contributed by atoms with Gasteiger partial charge in [-0.15, -0.1) is 0 Å². The van der Waals surface area contributed by atoms with E-state index in [9.17, 15) is 9.59 Å². The summed E-state index contributed by atoms with van der Waals surface area (Å²) in [6, 6.07) is 0. The van der Waals surface area contributed by atoms with Crippen LogP contribution in [0.15, 0.2) is 0 Å². The molecule has 0 aromatic heterocycles. The van der Waals surface area contributed by atoms with Crippen molar-refractivity contribution in [3.8, 4) is 0 Å². The van der Waals surface area contributed by atoms with Crippen LogP contribution in [0.25, 0.3) is 0 Å². The number of hydrogen-bond donors (Lipinski definition) is 2. The SMILES string of the molecule is CCCCCCCCCC(C)(C(=O)O)C(=O)O. The minimum atomic E-state index is -1.62. The number of carboxylic acid groups (broad SMARTS) is 2. The Bertz CT molecular complexity index is 234. The highest BCUT2D eigenvalue weighted by atomic mass is 16.4. The van der Waals surface area contributed by atoms with Gasteiger partial charge in [-0.05, 0) is 13.3 Å². The Balaban J connectivity index is 3.78. The summed E-state index contributed by atoms with van der Waals surface area (Å²) in [6.07, 6.45) is 7.68. The van der Waals surface area contributed by atoms with Crippen LogP contribution in [0.2, 0.25) is 0 Å². The van der Waals surface area contributed by atoms with Crippen molar-refractivity contribution in [1.29, 1.82) is 0 Å². The van der Waals surface area contributed by atoms with Crippen LogP contribution in [0.1, 0.15) is 65.2 Å². The van der Waals surface area contributed by atoms with E-state index in [1.807, 2.05) is 0 Å². The Kier molecular flexibility index (Phi) is 7.59. The van der Waals surface area contributed by atoms with E-state index in [1.165, 1.54) is 26.2 Å². The highest BCUT2D eigenvalue weighted by molar-refractivity contribution is 5.97. The molecule has 0 unspecified atom stereocenters. The van der Waals surface area contributed by atoms with Gasteiger partial charge >= 0.3 is 11.9 Å². The summed E-state index contributed by atoms with van der Waals surface area (Å²) in [4.78, 5) is 21.8. The number of hydrogen-bond acceptors (Lipinski definition) is 2. The van der Waals surface area contributed by atoms with E-state index in [1.54, 1.807) is 0 Å². The molecule has 0 aromatic carbocycles. The zero-order chi connectivity index (χ0) is 13.3. The molecule has 0 amide bonds. The van der Waals surface area contributed by atoms with Gasteiger partial charge in [0.1, 0.15) is 0 Å². The van der Waals surface area contributed by atoms with Gasteiger partial charge in [0.05, 0.1) is 0 Å². The Morgan fingerprint density at radius 1 is 0.882 bits per heavy atom. The molecule has 100 valence electrons. The molecule has 0 saturated heterocycles. The molecule has 4 nitrogen and oxygen atoms in total. The summed E-state index contributed by atoms with van der Waals surface area (Å²) < 4.78 is 0. The fraction of sp³-hybridized carbons (Fsp3) is 0.846. The molecule has 4 heteroatoms. The lowest BCUT2D eigenvalue weighted by molar-refractivity contribution is -0.163. The van der Waals surface area contributed by atoms with Crippen LogP contribution < -0.4 is 0 Å². The van der Waals surface area contributed by atoms with Crippen LogP contribution in [0, 0.1) is 5.41 Å². The molecule has 0 atom stereocenters. The van der Waals surface area contributed by atoms with Crippen molar-refractivity contribution >= 4 is 11.9 Å². The summed E-state index contributed by atoms with van der Waals surface area (Å²) >= 11 is 0. The van der Waals surface area contributed by atoms with E-state index < -0.39 is 17.4 Å². The number of carbonyl (C=O) groups is 2. The minimum absolute atomic E-state index is 0.214. The third kappa shape index (κ3) is 5.71. The fourth-order valence-corrected chi connectivity index (χ4v) is 1.74. The van der Waals surface area contributed by atoms with Crippen LogP contribution in [0.4, 0.5) is 0 Å². The maximum absolute atomic E-state index is 10.9. The summed E-state index contributed by atoms with van der Waals surface area (Å²) in [5.74, 6) is -2.48. The van der Waals surface area contributed by atoms with Crippen molar-refractivity contribution in [2.24, 2.45) is 5.41 Å². The summed E-state index contributed by atoms with van der Waals surface area (Å²) in [5, 5.41) is 17.8. The Labute approximate surface area is 103 Å². The lowest BCUT2D eigenvalue weighted by Crippen LogP contribution is -2.36. The average Bonchev–Trinajstić information content (AvgIpc) is 2.27. The standard InChI is InChI=1S/C13H24O4/c1-3-4-5-6-7-8-9-10-13(2,11(14)15)12(16)17/h3-10H2,1-2H3,(H,14,15)(H,16,17). The molecule has 0 spiro atoms. The molecule has 0 fully saturated rings. The molecular formula is C13H24O4. The second-order valence-corrected chi connectivity index (χ2v) is 4.81. The van der Waals surface area contributed by atoms with Gasteiger partial charge in [0, 0.05) is 0 Å². The molecule has 0 rings (SSSR count). The third-order valence-electron chi connectivity index (χ3n) is 3.22. The van der Waals surface area contributed by atoms with E-state index >= 15 is 0 Å². The van der Waals surface area contributed by atoms with Crippen molar-refractivity contribution < 1.29 is 19.8 Å². The molecule has 0 bridgehead atoms. The first-order chi connectivity index (χ1) is 7.95. The Hall–Kier alpha value is -1.06. The van der Waals surface area contributed by atoms with Gasteiger partial charge in [-0.2, -0.15) is 0 Å². The molecular weight excluding hydrogens is 220 g/mol. The van der Waals surface area contributed by atoms with Gasteiger partial charge in [0.25, 0.3) is 0 Å². The molecule has 0 saturated carbocycles. The van der Waals surface area contributed by atoms with Gasteiger partial charge < -0.3 is 10.2 Å². The summed E-state index contributed by atoms with van der Waals surface area (Å²) in [6.45, 7) is 3.44. The Morgan fingerprint density at radius 3 is 1.71 bits per heavy atom. The van der Waals surface area contributed by atoms with Crippen molar-refractivity contribution in [2.45, 2.75) is 65.2 Å². The number of rotatable bonds is 10. The van der Waals surface area contributed by atoms with Crippen molar-refractivity contribution in [3.05, 3.63) is 0 Å². The molecule has 0 aliphatic carbocycles. The second-order valence-electron chi connectivity index (χ2n) is 4.81. The first-order valence-electron chi connectivity index (χ1n) is 6.42. The van der Waals surface area contributed by atoms with E-state index in [-0.39, 0.29) is 6.42 Å². The number of aliphatic carboxylic acids is 2. The topological polar surface area (TPSA) is 74.6 Å².